The number of fused-ring (bicyclic) bond motifs is 3. The summed E-state index contributed by atoms with van der Waals surface area (Å²) in [6.45, 7) is 2.03. The molecule has 0 heterocycles. The number of benzene rings is 1. The van der Waals surface area contributed by atoms with Crippen molar-refractivity contribution in [3.63, 3.8) is 0 Å². The van der Waals surface area contributed by atoms with Gasteiger partial charge < -0.3 is 29.0 Å². The number of amides is 1. The van der Waals surface area contributed by atoms with Crippen LogP contribution in [0, 0.1) is 0 Å². The molecule has 1 N–H and O–H groups in total. The van der Waals surface area contributed by atoms with E-state index in [9.17, 15) is 19.2 Å². The predicted molar refractivity (Wildman–Crippen MR) is 125 cm³/mol. The summed E-state index contributed by atoms with van der Waals surface area (Å²) in [7, 11) is 4.28. The molecule has 0 spiro atoms. The average Bonchev–Trinajstić information content (AvgIpc) is 3.05. The van der Waals surface area contributed by atoms with E-state index in [2.05, 4.69) is 5.32 Å². The largest absolute Gasteiger partial charge is 0.493 e. The monoisotopic (exact) mass is 485 g/mol. The Hall–Kier alpha value is -4.08. The number of nitrogens with one attached hydrogen (secondary N) is 1. The van der Waals surface area contributed by atoms with Gasteiger partial charge >= 0.3 is 11.9 Å². The lowest BCUT2D eigenvalue weighted by Crippen LogP contribution is -2.32. The summed E-state index contributed by atoms with van der Waals surface area (Å²) in [5, 5.41) is 2.84. The molecule has 1 atom stereocenters. The van der Waals surface area contributed by atoms with Crippen LogP contribution in [0.3, 0.4) is 0 Å². The summed E-state index contributed by atoms with van der Waals surface area (Å²) in [4.78, 5) is 48.3. The molecule has 0 saturated carbocycles. The van der Waals surface area contributed by atoms with Crippen LogP contribution >= 0.6 is 0 Å². The molecule has 2 aromatic carbocycles. The summed E-state index contributed by atoms with van der Waals surface area (Å²) in [5.41, 5.74) is 2.08. The fourth-order valence-corrected chi connectivity index (χ4v) is 4.07. The highest BCUT2D eigenvalue weighted by atomic mass is 16.6. The van der Waals surface area contributed by atoms with E-state index < -0.39 is 30.5 Å². The molecule has 1 amide bonds. The maximum Gasteiger partial charge on any atom is 0.308 e. The van der Waals surface area contributed by atoms with Crippen LogP contribution in [0.15, 0.2) is 29.1 Å². The number of aryl methyl sites for hydroxylation is 1. The minimum absolute atomic E-state index is 0.102. The number of carbonyl (C=O) groups is 3. The first-order valence-corrected chi connectivity index (χ1v) is 10.8. The van der Waals surface area contributed by atoms with Crippen LogP contribution in [0.1, 0.15) is 37.4 Å². The Morgan fingerprint density at radius 2 is 1.66 bits per heavy atom. The van der Waals surface area contributed by atoms with Crippen LogP contribution in [-0.4, -0.2) is 45.8 Å². The molecule has 0 saturated heterocycles. The summed E-state index contributed by atoms with van der Waals surface area (Å²) in [5.74, 6) is -0.895. The van der Waals surface area contributed by atoms with Gasteiger partial charge in [-0.25, -0.2) is 0 Å². The van der Waals surface area contributed by atoms with Gasteiger partial charge in [-0.3, -0.25) is 19.2 Å². The van der Waals surface area contributed by atoms with Crippen molar-refractivity contribution in [2.75, 3.05) is 27.9 Å². The quantitative estimate of drug-likeness (QED) is 0.464. The van der Waals surface area contributed by atoms with E-state index in [0.717, 1.165) is 5.56 Å². The van der Waals surface area contributed by atoms with Gasteiger partial charge in [-0.1, -0.05) is 6.07 Å². The summed E-state index contributed by atoms with van der Waals surface area (Å²) >= 11 is 0. The molecule has 1 aliphatic carbocycles. The molecule has 0 radical (unpaired) electrons. The number of hydrogen-bond donors (Lipinski definition) is 1. The highest BCUT2D eigenvalue weighted by Crippen LogP contribution is 2.50. The topological polar surface area (TPSA) is 126 Å². The lowest BCUT2D eigenvalue weighted by atomic mass is 9.95. The van der Waals surface area contributed by atoms with Gasteiger partial charge in [0.25, 0.3) is 5.91 Å². The van der Waals surface area contributed by atoms with E-state index in [-0.39, 0.29) is 22.7 Å². The van der Waals surface area contributed by atoms with Crippen molar-refractivity contribution < 1.29 is 38.1 Å². The van der Waals surface area contributed by atoms with E-state index in [1.54, 1.807) is 12.1 Å². The van der Waals surface area contributed by atoms with Crippen molar-refractivity contribution in [1.82, 2.24) is 5.32 Å². The van der Waals surface area contributed by atoms with E-state index in [1.807, 2.05) is 0 Å². The van der Waals surface area contributed by atoms with Crippen molar-refractivity contribution in [3.05, 3.63) is 45.6 Å². The van der Waals surface area contributed by atoms with Crippen LogP contribution in [0.5, 0.6) is 23.0 Å². The summed E-state index contributed by atoms with van der Waals surface area (Å²) in [6, 6.07) is 5.76. The number of rotatable bonds is 7. The van der Waals surface area contributed by atoms with Crippen molar-refractivity contribution in [2.24, 2.45) is 0 Å². The molecule has 0 fully saturated rings. The number of esters is 2. The molecule has 10 nitrogen and oxygen atoms in total. The molecule has 3 rings (SSSR count). The van der Waals surface area contributed by atoms with E-state index >= 15 is 0 Å². The number of hydrogen-bond acceptors (Lipinski definition) is 9. The number of carbonyl (C=O) groups excluding carboxylic acids is 3. The Morgan fingerprint density at radius 3 is 2.26 bits per heavy atom. The Bertz CT molecular complexity index is 1220. The summed E-state index contributed by atoms with van der Waals surface area (Å²) < 4.78 is 26.6. The first-order valence-electron chi connectivity index (χ1n) is 10.8. The molecule has 0 bridgehead atoms. The third-order valence-corrected chi connectivity index (χ3v) is 5.50. The van der Waals surface area contributed by atoms with Crippen molar-refractivity contribution in [2.45, 2.75) is 32.7 Å². The molecule has 35 heavy (non-hydrogen) atoms. The van der Waals surface area contributed by atoms with Crippen LogP contribution in [-0.2, 0) is 25.5 Å². The van der Waals surface area contributed by atoms with Crippen LogP contribution < -0.4 is 29.7 Å². The molecular weight excluding hydrogens is 458 g/mol. The Balaban J connectivity index is 2.27. The van der Waals surface area contributed by atoms with Gasteiger partial charge in [0, 0.05) is 19.4 Å². The van der Waals surface area contributed by atoms with E-state index in [4.69, 9.17) is 23.7 Å². The van der Waals surface area contributed by atoms with Gasteiger partial charge in [0.1, 0.15) is 0 Å². The third-order valence-electron chi connectivity index (χ3n) is 5.50. The maximum atomic E-state index is 12.8. The second-order valence-corrected chi connectivity index (χ2v) is 7.79. The van der Waals surface area contributed by atoms with Crippen LogP contribution in [0.25, 0.3) is 11.1 Å². The zero-order valence-corrected chi connectivity index (χ0v) is 20.2. The predicted octanol–water partition coefficient (Wildman–Crippen LogP) is 2.33. The summed E-state index contributed by atoms with van der Waals surface area (Å²) in [6.07, 6.45) is 0.876. The highest BCUT2D eigenvalue weighted by Gasteiger charge is 2.30. The molecule has 0 aromatic heterocycles. The van der Waals surface area contributed by atoms with Crippen LogP contribution in [0.2, 0.25) is 0 Å². The molecule has 2 aromatic rings. The zero-order chi connectivity index (χ0) is 25.7. The molecule has 10 heteroatoms. The Morgan fingerprint density at radius 1 is 0.943 bits per heavy atom. The Labute approximate surface area is 202 Å². The molecule has 0 unspecified atom stereocenters. The van der Waals surface area contributed by atoms with E-state index in [1.165, 1.54) is 47.3 Å². The van der Waals surface area contributed by atoms with Gasteiger partial charge in [0.15, 0.2) is 23.9 Å². The number of ether oxygens (including phenoxy) is 5. The lowest BCUT2D eigenvalue weighted by Gasteiger charge is -2.20. The zero-order valence-electron chi connectivity index (χ0n) is 20.2. The highest BCUT2D eigenvalue weighted by molar-refractivity contribution is 5.86. The van der Waals surface area contributed by atoms with E-state index in [0.29, 0.717) is 35.3 Å². The minimum atomic E-state index is -0.599. The molecule has 1 aliphatic rings. The first-order chi connectivity index (χ1) is 16.7. The van der Waals surface area contributed by atoms with Gasteiger partial charge in [-0.2, -0.15) is 0 Å². The van der Waals surface area contributed by atoms with Gasteiger partial charge in [-0.05, 0) is 47.7 Å². The smallest absolute Gasteiger partial charge is 0.308 e. The fourth-order valence-electron chi connectivity index (χ4n) is 4.07. The molecule has 186 valence electrons. The van der Waals surface area contributed by atoms with Crippen molar-refractivity contribution in [3.8, 4) is 34.1 Å². The first kappa shape index (κ1) is 25.5. The molecular formula is C25H27NO9. The fraction of sp³-hybridized carbons (Fsp3) is 0.360. The number of methoxy groups -OCH3 is 3. The van der Waals surface area contributed by atoms with Crippen molar-refractivity contribution >= 4 is 17.8 Å². The Kier molecular flexibility index (Phi) is 7.95. The second kappa shape index (κ2) is 10.9. The average molecular weight is 485 g/mol. The third kappa shape index (κ3) is 5.53. The maximum absolute atomic E-state index is 12.8. The SMILES string of the molecule is COc1cc2c(c(OC)c1OC(C)=O)-c1ccc(OC)c(=O)cc1[C@@H](NC(=O)COC(C)=O)CC2. The van der Waals surface area contributed by atoms with Gasteiger partial charge in [0.05, 0.1) is 27.4 Å². The van der Waals surface area contributed by atoms with Crippen molar-refractivity contribution in [1.29, 1.82) is 0 Å². The molecule has 0 aliphatic heterocycles. The normalized spacial score (nSPS) is 13.9. The van der Waals surface area contributed by atoms with Crippen LogP contribution in [0.4, 0.5) is 0 Å². The van der Waals surface area contributed by atoms with Gasteiger partial charge in [0.2, 0.25) is 11.2 Å². The minimum Gasteiger partial charge on any atom is -0.493 e. The second-order valence-electron chi connectivity index (χ2n) is 7.79. The standard InChI is InChI=1S/C25H27NO9/c1-13(27)34-12-22(30)26-18-8-6-15-10-21(32-4)24(35-14(2)28)25(33-5)23(15)16-7-9-20(31-3)19(29)11-17(16)18/h7,9-11,18H,6,8,12H2,1-5H3,(H,26,30)/t18-/m0/s1. The lowest BCUT2D eigenvalue weighted by molar-refractivity contribution is -0.146. The van der Waals surface area contributed by atoms with Gasteiger partial charge in [-0.15, -0.1) is 0 Å².